The van der Waals surface area contributed by atoms with E-state index < -0.39 is 0 Å². The summed E-state index contributed by atoms with van der Waals surface area (Å²) >= 11 is 0. The zero-order chi connectivity index (χ0) is 12.3. The first kappa shape index (κ1) is 12.5. The summed E-state index contributed by atoms with van der Waals surface area (Å²) in [5.74, 6) is 0. The van der Waals surface area contributed by atoms with Gasteiger partial charge in [-0.05, 0) is 42.5 Å². The average molecular weight is 233 g/mol. The Morgan fingerprint density at radius 3 is 3.06 bits per heavy atom. The summed E-state index contributed by atoms with van der Waals surface area (Å²) in [4.78, 5) is 4.19. The maximum absolute atomic E-state index is 4.19. The summed E-state index contributed by atoms with van der Waals surface area (Å²) in [5, 5.41) is 7.15. The first-order chi connectivity index (χ1) is 8.09. The molecule has 3 nitrogen and oxygen atoms in total. The smallest absolute Gasteiger partial charge is 0.0315 e. The van der Waals surface area contributed by atoms with E-state index in [1.54, 1.807) is 0 Å². The first-order valence-corrected chi connectivity index (χ1v) is 6.43. The second-order valence-electron chi connectivity index (χ2n) is 5.69. The van der Waals surface area contributed by atoms with E-state index in [0.717, 1.165) is 19.6 Å². The van der Waals surface area contributed by atoms with Crippen molar-refractivity contribution in [1.82, 2.24) is 15.6 Å². The summed E-state index contributed by atoms with van der Waals surface area (Å²) in [6.07, 6.45) is 5.02. The second-order valence-corrected chi connectivity index (χ2v) is 5.69. The predicted octanol–water partition coefficient (Wildman–Crippen LogP) is 1.87. The molecule has 1 fully saturated rings. The van der Waals surface area contributed by atoms with Crippen molar-refractivity contribution in [2.45, 2.75) is 39.8 Å². The van der Waals surface area contributed by atoms with Crippen molar-refractivity contribution in [3.63, 3.8) is 0 Å². The van der Waals surface area contributed by atoms with E-state index in [9.17, 15) is 0 Å². The van der Waals surface area contributed by atoms with Gasteiger partial charge in [0, 0.05) is 31.5 Å². The van der Waals surface area contributed by atoms with Gasteiger partial charge in [0.2, 0.25) is 0 Å². The van der Waals surface area contributed by atoms with Crippen molar-refractivity contribution in [2.24, 2.45) is 5.41 Å². The number of hydrogen-bond acceptors (Lipinski definition) is 3. The maximum atomic E-state index is 4.19. The van der Waals surface area contributed by atoms with Gasteiger partial charge in [0.25, 0.3) is 0 Å². The van der Waals surface area contributed by atoms with Gasteiger partial charge in [-0.1, -0.05) is 13.8 Å². The Morgan fingerprint density at radius 2 is 2.35 bits per heavy atom. The molecule has 0 aromatic carbocycles. The maximum Gasteiger partial charge on any atom is 0.0315 e. The highest BCUT2D eigenvalue weighted by Crippen LogP contribution is 2.25. The van der Waals surface area contributed by atoms with Crippen LogP contribution < -0.4 is 10.6 Å². The number of aryl methyl sites for hydroxylation is 1. The van der Waals surface area contributed by atoms with E-state index in [1.807, 2.05) is 12.4 Å². The number of piperidine rings is 1. The van der Waals surface area contributed by atoms with Gasteiger partial charge in [-0.2, -0.15) is 0 Å². The molecule has 1 saturated heterocycles. The Bertz CT molecular complexity index is 373. The van der Waals surface area contributed by atoms with E-state index in [1.165, 1.54) is 17.5 Å². The standard InChI is InChI=1S/C14H23N3/c1-11-4-6-15-8-12(11)9-17-13-5-7-16-10-14(13,2)3/h4,6,8,13,16-17H,5,7,9-10H2,1-3H3. The fourth-order valence-electron chi connectivity index (χ4n) is 2.46. The molecule has 1 aliphatic heterocycles. The van der Waals surface area contributed by atoms with E-state index in [0.29, 0.717) is 11.5 Å². The molecular weight excluding hydrogens is 210 g/mol. The molecule has 1 aliphatic rings. The third-order valence-electron chi connectivity index (χ3n) is 3.82. The highest BCUT2D eigenvalue weighted by Gasteiger charge is 2.31. The summed E-state index contributed by atoms with van der Waals surface area (Å²) < 4.78 is 0. The van der Waals surface area contributed by atoms with Crippen molar-refractivity contribution in [2.75, 3.05) is 13.1 Å². The fourth-order valence-corrected chi connectivity index (χ4v) is 2.46. The van der Waals surface area contributed by atoms with Crippen LogP contribution in [0.3, 0.4) is 0 Å². The van der Waals surface area contributed by atoms with Crippen molar-refractivity contribution < 1.29 is 0 Å². The highest BCUT2D eigenvalue weighted by atomic mass is 15.0. The van der Waals surface area contributed by atoms with Crippen molar-refractivity contribution in [1.29, 1.82) is 0 Å². The molecule has 0 saturated carbocycles. The minimum absolute atomic E-state index is 0.328. The topological polar surface area (TPSA) is 37.0 Å². The molecule has 2 N–H and O–H groups in total. The van der Waals surface area contributed by atoms with Gasteiger partial charge in [-0.15, -0.1) is 0 Å². The van der Waals surface area contributed by atoms with Gasteiger partial charge in [0.05, 0.1) is 0 Å². The van der Waals surface area contributed by atoms with Crippen LogP contribution in [0.4, 0.5) is 0 Å². The Morgan fingerprint density at radius 1 is 1.53 bits per heavy atom. The lowest BCUT2D eigenvalue weighted by Crippen LogP contribution is -2.52. The molecule has 17 heavy (non-hydrogen) atoms. The van der Waals surface area contributed by atoms with Gasteiger partial charge in [0.15, 0.2) is 0 Å². The summed E-state index contributed by atoms with van der Waals surface area (Å²) in [6, 6.07) is 2.66. The van der Waals surface area contributed by atoms with Crippen LogP contribution in [0.2, 0.25) is 0 Å². The van der Waals surface area contributed by atoms with Crippen LogP contribution in [0.1, 0.15) is 31.4 Å². The zero-order valence-corrected chi connectivity index (χ0v) is 11.1. The number of rotatable bonds is 3. The van der Waals surface area contributed by atoms with E-state index in [-0.39, 0.29) is 0 Å². The number of hydrogen-bond donors (Lipinski definition) is 2. The number of nitrogens with one attached hydrogen (secondary N) is 2. The van der Waals surface area contributed by atoms with Gasteiger partial charge < -0.3 is 10.6 Å². The van der Waals surface area contributed by atoms with Crippen molar-refractivity contribution >= 4 is 0 Å². The zero-order valence-electron chi connectivity index (χ0n) is 11.1. The number of aromatic nitrogens is 1. The number of nitrogens with zero attached hydrogens (tertiary/aromatic N) is 1. The molecule has 1 aromatic rings. The van der Waals surface area contributed by atoms with Crippen LogP contribution in [-0.4, -0.2) is 24.1 Å². The second kappa shape index (κ2) is 5.15. The fraction of sp³-hybridized carbons (Fsp3) is 0.643. The van der Waals surface area contributed by atoms with Crippen LogP contribution in [0.25, 0.3) is 0 Å². The highest BCUT2D eigenvalue weighted by molar-refractivity contribution is 5.21. The average Bonchev–Trinajstić information content (AvgIpc) is 2.29. The SMILES string of the molecule is Cc1ccncc1CNC1CCNCC1(C)C. The molecule has 0 aliphatic carbocycles. The molecule has 2 rings (SSSR count). The molecule has 0 spiro atoms. The number of pyridine rings is 1. The van der Waals surface area contributed by atoms with Gasteiger partial charge in [-0.25, -0.2) is 0 Å². The van der Waals surface area contributed by atoms with Crippen LogP contribution in [0.15, 0.2) is 18.5 Å². The first-order valence-electron chi connectivity index (χ1n) is 6.43. The van der Waals surface area contributed by atoms with E-state index in [2.05, 4.69) is 42.5 Å². The Labute approximate surface area is 104 Å². The third-order valence-corrected chi connectivity index (χ3v) is 3.82. The molecule has 0 amide bonds. The lowest BCUT2D eigenvalue weighted by molar-refractivity contribution is 0.184. The molecule has 1 atom stereocenters. The minimum Gasteiger partial charge on any atom is -0.316 e. The van der Waals surface area contributed by atoms with Crippen LogP contribution in [-0.2, 0) is 6.54 Å². The third kappa shape index (κ3) is 3.05. The Kier molecular flexibility index (Phi) is 3.79. The van der Waals surface area contributed by atoms with E-state index >= 15 is 0 Å². The summed E-state index contributed by atoms with van der Waals surface area (Å²) in [5.41, 5.74) is 2.95. The molecular formula is C14H23N3. The summed E-state index contributed by atoms with van der Waals surface area (Å²) in [6.45, 7) is 9.93. The van der Waals surface area contributed by atoms with Crippen LogP contribution in [0, 0.1) is 12.3 Å². The lowest BCUT2D eigenvalue weighted by Gasteiger charge is -2.39. The molecule has 1 unspecified atom stereocenters. The largest absolute Gasteiger partial charge is 0.316 e. The van der Waals surface area contributed by atoms with Crippen molar-refractivity contribution in [3.8, 4) is 0 Å². The van der Waals surface area contributed by atoms with Gasteiger partial charge in [0.1, 0.15) is 0 Å². The molecule has 3 heteroatoms. The molecule has 94 valence electrons. The predicted molar refractivity (Wildman–Crippen MR) is 70.9 cm³/mol. The molecule has 2 heterocycles. The van der Waals surface area contributed by atoms with Gasteiger partial charge in [-0.3, -0.25) is 4.98 Å². The summed E-state index contributed by atoms with van der Waals surface area (Å²) in [7, 11) is 0. The quantitative estimate of drug-likeness (QED) is 0.837. The molecule has 0 bridgehead atoms. The molecule has 1 aromatic heterocycles. The van der Waals surface area contributed by atoms with E-state index in [4.69, 9.17) is 0 Å². The normalized spacial score (nSPS) is 23.6. The van der Waals surface area contributed by atoms with Crippen molar-refractivity contribution in [3.05, 3.63) is 29.6 Å². The van der Waals surface area contributed by atoms with Crippen LogP contribution >= 0.6 is 0 Å². The van der Waals surface area contributed by atoms with Gasteiger partial charge >= 0.3 is 0 Å². The van der Waals surface area contributed by atoms with Crippen LogP contribution in [0.5, 0.6) is 0 Å². The lowest BCUT2D eigenvalue weighted by atomic mass is 9.80. The Hall–Kier alpha value is -0.930. The molecule has 0 radical (unpaired) electrons. The Balaban J connectivity index is 1.96. The monoisotopic (exact) mass is 233 g/mol. The minimum atomic E-state index is 0.328.